The fourth-order valence-corrected chi connectivity index (χ4v) is 4.37. The number of hydrogen-bond acceptors (Lipinski definition) is 3. The van der Waals surface area contributed by atoms with Crippen molar-refractivity contribution < 1.29 is 12.8 Å². The van der Waals surface area contributed by atoms with Crippen LogP contribution in [0.3, 0.4) is 0 Å². The monoisotopic (exact) mass is 366 g/mol. The van der Waals surface area contributed by atoms with Crippen molar-refractivity contribution in [3.8, 4) is 0 Å². The Hall–Kier alpha value is -1.37. The number of hydrogen-bond donors (Lipinski definition) is 0. The Morgan fingerprint density at radius 3 is 2.24 bits per heavy atom. The van der Waals surface area contributed by atoms with Crippen molar-refractivity contribution in [2.45, 2.75) is 52.5 Å². The molecule has 0 aliphatic carbocycles. The first-order valence-electron chi connectivity index (χ1n) is 9.13. The van der Waals surface area contributed by atoms with Crippen LogP contribution in [0.2, 0.25) is 0 Å². The molecule has 0 spiro atoms. The second-order valence-corrected chi connectivity index (χ2v) is 8.48. The maximum atomic E-state index is 13.1. The molecule has 0 amide bonds. The third kappa shape index (κ3) is 4.63. The molecule has 0 fully saturated rings. The number of unbranched alkanes of at least 4 members (excludes halogenated alkanes) is 2. The zero-order chi connectivity index (χ0) is 18.4. The smallest absolute Gasteiger partial charge is 0.282 e. The van der Waals surface area contributed by atoms with Crippen LogP contribution in [0.25, 0.3) is 11.0 Å². The first kappa shape index (κ1) is 19.9. The van der Waals surface area contributed by atoms with Crippen molar-refractivity contribution in [1.29, 1.82) is 0 Å². The summed E-state index contributed by atoms with van der Waals surface area (Å²) in [6, 6.07) is 9.30. The summed E-state index contributed by atoms with van der Waals surface area (Å²) in [5.41, 5.74) is 0.781. The fourth-order valence-electron chi connectivity index (χ4n) is 2.78. The lowest BCUT2D eigenvalue weighted by Gasteiger charge is -2.30. The summed E-state index contributed by atoms with van der Waals surface area (Å²) < 4.78 is 35.1. The molecule has 2 rings (SSSR count). The zero-order valence-electron chi connectivity index (χ0n) is 15.7. The van der Waals surface area contributed by atoms with Crippen molar-refractivity contribution in [3.63, 3.8) is 0 Å². The van der Waals surface area contributed by atoms with Crippen LogP contribution in [-0.2, 0) is 10.2 Å². The van der Waals surface area contributed by atoms with E-state index in [0.717, 1.165) is 36.7 Å². The van der Waals surface area contributed by atoms with Crippen LogP contribution in [0.15, 0.2) is 34.7 Å². The summed E-state index contributed by atoms with van der Waals surface area (Å²) in [5.74, 6) is 0.665. The lowest BCUT2D eigenvalue weighted by atomic mass is 10.2. The first-order chi connectivity index (χ1) is 11.9. The normalized spacial score (nSPS) is 13.8. The van der Waals surface area contributed by atoms with E-state index in [9.17, 15) is 8.42 Å². The van der Waals surface area contributed by atoms with Crippen LogP contribution >= 0.6 is 0 Å². The summed E-state index contributed by atoms with van der Waals surface area (Å²) in [6.45, 7) is 7.15. The summed E-state index contributed by atoms with van der Waals surface area (Å²) >= 11 is 0. The quantitative estimate of drug-likeness (QED) is 0.619. The van der Waals surface area contributed by atoms with Gasteiger partial charge in [0.25, 0.3) is 10.2 Å². The molecule has 1 aromatic heterocycles. The third-order valence-corrected chi connectivity index (χ3v) is 6.68. The molecule has 0 N–H and O–H groups in total. The molecule has 0 aliphatic heterocycles. The van der Waals surface area contributed by atoms with E-state index in [4.69, 9.17) is 4.42 Å². The Morgan fingerprint density at radius 1 is 1.08 bits per heavy atom. The highest BCUT2D eigenvalue weighted by Crippen LogP contribution is 2.29. The van der Waals surface area contributed by atoms with Crippen LogP contribution in [0, 0.1) is 0 Å². The topological polar surface area (TPSA) is 53.8 Å². The van der Waals surface area contributed by atoms with Crippen molar-refractivity contribution in [3.05, 3.63) is 36.1 Å². The first-order valence-corrected chi connectivity index (χ1v) is 10.5. The predicted octanol–water partition coefficient (Wildman–Crippen LogP) is 4.57. The third-order valence-electron chi connectivity index (χ3n) is 4.61. The Bertz CT molecular complexity index is 729. The number of nitrogens with zero attached hydrogens (tertiary/aromatic N) is 2. The van der Waals surface area contributed by atoms with Crippen LogP contribution in [0.4, 0.5) is 0 Å². The molecule has 25 heavy (non-hydrogen) atoms. The molecule has 0 radical (unpaired) electrons. The van der Waals surface area contributed by atoms with Crippen molar-refractivity contribution in [2.24, 2.45) is 0 Å². The minimum atomic E-state index is -3.52. The molecular weight excluding hydrogens is 336 g/mol. The molecule has 140 valence electrons. The maximum Gasteiger partial charge on any atom is 0.282 e. The van der Waals surface area contributed by atoms with Gasteiger partial charge in [0, 0.05) is 25.5 Å². The number of rotatable bonds is 10. The summed E-state index contributed by atoms with van der Waals surface area (Å²) in [7, 11) is -1.89. The van der Waals surface area contributed by atoms with Gasteiger partial charge in [-0.05, 0) is 31.9 Å². The van der Waals surface area contributed by atoms with Gasteiger partial charge in [0.15, 0.2) is 0 Å². The van der Waals surface area contributed by atoms with E-state index in [1.165, 1.54) is 4.31 Å². The van der Waals surface area contributed by atoms with Gasteiger partial charge in [-0.15, -0.1) is 0 Å². The van der Waals surface area contributed by atoms with E-state index in [2.05, 4.69) is 13.8 Å². The van der Waals surface area contributed by atoms with Gasteiger partial charge in [-0.3, -0.25) is 0 Å². The van der Waals surface area contributed by atoms with Crippen molar-refractivity contribution in [1.82, 2.24) is 8.61 Å². The second-order valence-electron chi connectivity index (χ2n) is 6.49. The van der Waals surface area contributed by atoms with Gasteiger partial charge in [-0.2, -0.15) is 17.0 Å². The molecule has 5 nitrogen and oxygen atoms in total. The standard InChI is InChI=1S/C19H30N2O3S/c1-5-7-13-21(14-8-6-2)25(22,23)20(4)16(3)19-15-17-11-9-10-12-18(17)24-19/h9-12,15-16H,5-8,13-14H2,1-4H3. The van der Waals surface area contributed by atoms with E-state index >= 15 is 0 Å². The van der Waals surface area contributed by atoms with Gasteiger partial charge in [-0.25, -0.2) is 0 Å². The van der Waals surface area contributed by atoms with E-state index in [0.29, 0.717) is 18.8 Å². The Labute approximate surface area is 151 Å². The van der Waals surface area contributed by atoms with E-state index in [1.807, 2.05) is 37.3 Å². The summed E-state index contributed by atoms with van der Waals surface area (Å²) in [6.07, 6.45) is 3.69. The zero-order valence-corrected chi connectivity index (χ0v) is 16.6. The number of benzene rings is 1. The minimum absolute atomic E-state index is 0.358. The Morgan fingerprint density at radius 2 is 1.68 bits per heavy atom. The largest absolute Gasteiger partial charge is 0.459 e. The Balaban J connectivity index is 2.22. The van der Waals surface area contributed by atoms with Crippen LogP contribution in [-0.4, -0.2) is 37.2 Å². The number of fused-ring (bicyclic) bond motifs is 1. The van der Waals surface area contributed by atoms with Crippen LogP contribution in [0.5, 0.6) is 0 Å². The van der Waals surface area contributed by atoms with Gasteiger partial charge in [0.2, 0.25) is 0 Å². The molecule has 0 aliphatic rings. The molecule has 0 saturated heterocycles. The predicted molar refractivity (Wildman–Crippen MR) is 103 cm³/mol. The van der Waals surface area contributed by atoms with Gasteiger partial charge in [-0.1, -0.05) is 44.9 Å². The maximum absolute atomic E-state index is 13.1. The number of para-hydroxylation sites is 1. The molecule has 0 saturated carbocycles. The Kier molecular flexibility index (Phi) is 7.04. The van der Waals surface area contributed by atoms with Crippen LogP contribution in [0.1, 0.15) is 58.3 Å². The van der Waals surface area contributed by atoms with E-state index < -0.39 is 10.2 Å². The molecule has 0 bridgehead atoms. The highest BCUT2D eigenvalue weighted by atomic mass is 32.2. The van der Waals surface area contributed by atoms with E-state index in [1.54, 1.807) is 11.4 Å². The molecule has 1 heterocycles. The molecule has 1 aromatic carbocycles. The molecule has 1 unspecified atom stereocenters. The molecule has 1 atom stereocenters. The van der Waals surface area contributed by atoms with Gasteiger partial charge >= 0.3 is 0 Å². The van der Waals surface area contributed by atoms with Gasteiger partial charge < -0.3 is 4.42 Å². The lowest BCUT2D eigenvalue weighted by molar-refractivity contribution is 0.301. The lowest BCUT2D eigenvalue weighted by Crippen LogP contribution is -2.43. The van der Waals surface area contributed by atoms with Gasteiger partial charge in [0.05, 0.1) is 6.04 Å². The molecule has 2 aromatic rings. The second kappa shape index (κ2) is 8.83. The molecular formula is C19H30N2O3S. The average molecular weight is 367 g/mol. The minimum Gasteiger partial charge on any atom is -0.459 e. The van der Waals surface area contributed by atoms with Crippen LogP contribution < -0.4 is 0 Å². The van der Waals surface area contributed by atoms with E-state index in [-0.39, 0.29) is 6.04 Å². The average Bonchev–Trinajstić information content (AvgIpc) is 3.04. The summed E-state index contributed by atoms with van der Waals surface area (Å²) in [5, 5.41) is 0.990. The van der Waals surface area contributed by atoms with Crippen molar-refractivity contribution in [2.75, 3.05) is 20.1 Å². The SMILES string of the molecule is CCCCN(CCCC)S(=O)(=O)N(C)C(C)c1cc2ccccc2o1. The summed E-state index contributed by atoms with van der Waals surface area (Å²) in [4.78, 5) is 0. The molecule has 6 heteroatoms. The highest BCUT2D eigenvalue weighted by Gasteiger charge is 2.31. The van der Waals surface area contributed by atoms with Crippen molar-refractivity contribution >= 4 is 21.2 Å². The number of furan rings is 1. The van der Waals surface area contributed by atoms with Gasteiger partial charge in [0.1, 0.15) is 11.3 Å². The highest BCUT2D eigenvalue weighted by molar-refractivity contribution is 7.86. The fraction of sp³-hybridized carbons (Fsp3) is 0.579.